The maximum absolute atomic E-state index is 5.28. The number of hydrogen-bond donors (Lipinski definition) is 2. The number of hydrogen-bond acceptors (Lipinski definition) is 4. The average molecular weight is 270 g/mol. The Morgan fingerprint density at radius 1 is 1.35 bits per heavy atom. The first-order chi connectivity index (χ1) is 9.72. The molecule has 5 heteroatoms. The molecule has 2 N–H and O–H groups in total. The van der Waals surface area contributed by atoms with Gasteiger partial charge in [-0.3, -0.25) is 0 Å². The van der Waals surface area contributed by atoms with Crippen LogP contribution >= 0.6 is 0 Å². The Balaban J connectivity index is 2.19. The lowest BCUT2D eigenvalue weighted by Gasteiger charge is -2.11. The number of aromatic nitrogens is 3. The summed E-state index contributed by atoms with van der Waals surface area (Å²) >= 11 is 0. The molecule has 1 aromatic carbocycles. The molecular formula is C15H18N4O. The van der Waals surface area contributed by atoms with Gasteiger partial charge in [0.25, 0.3) is 0 Å². The van der Waals surface area contributed by atoms with Gasteiger partial charge in [-0.2, -0.15) is 0 Å². The van der Waals surface area contributed by atoms with E-state index in [4.69, 9.17) is 4.74 Å². The molecule has 0 bridgehead atoms. The van der Waals surface area contributed by atoms with Gasteiger partial charge in [0.15, 0.2) is 5.82 Å². The van der Waals surface area contributed by atoms with E-state index in [1.165, 1.54) is 0 Å². The van der Waals surface area contributed by atoms with Crippen LogP contribution in [0.1, 0.15) is 20.3 Å². The van der Waals surface area contributed by atoms with Crippen LogP contribution in [-0.4, -0.2) is 28.1 Å². The van der Waals surface area contributed by atoms with Crippen molar-refractivity contribution in [1.29, 1.82) is 0 Å². The molecule has 5 nitrogen and oxygen atoms in total. The highest BCUT2D eigenvalue weighted by Gasteiger charge is 2.12. The summed E-state index contributed by atoms with van der Waals surface area (Å²) in [5.74, 6) is 1.67. The van der Waals surface area contributed by atoms with E-state index < -0.39 is 0 Å². The minimum Gasteiger partial charge on any atom is -0.497 e. The molecule has 0 aliphatic rings. The minimum absolute atomic E-state index is 0.369. The zero-order chi connectivity index (χ0) is 14.1. The number of H-pyrrole nitrogens is 1. The molecule has 0 aliphatic carbocycles. The topological polar surface area (TPSA) is 62.8 Å². The fraction of sp³-hybridized carbons (Fsp3) is 0.333. The van der Waals surface area contributed by atoms with Crippen molar-refractivity contribution >= 4 is 27.8 Å². The van der Waals surface area contributed by atoms with Crippen molar-refractivity contribution in [2.24, 2.45) is 0 Å². The van der Waals surface area contributed by atoms with Crippen LogP contribution in [0.4, 0.5) is 5.82 Å². The van der Waals surface area contributed by atoms with Crippen molar-refractivity contribution in [2.75, 3.05) is 12.4 Å². The van der Waals surface area contributed by atoms with Crippen LogP contribution in [0.25, 0.3) is 21.9 Å². The average Bonchev–Trinajstić information content (AvgIpc) is 2.86. The largest absolute Gasteiger partial charge is 0.497 e. The van der Waals surface area contributed by atoms with Crippen LogP contribution in [0.15, 0.2) is 24.5 Å². The monoisotopic (exact) mass is 270 g/mol. The molecule has 0 radical (unpaired) electrons. The first kappa shape index (κ1) is 12.7. The lowest BCUT2D eigenvalue weighted by Crippen LogP contribution is -2.14. The number of aromatic amines is 1. The third kappa shape index (κ3) is 2.05. The number of ether oxygens (including phenoxy) is 1. The molecule has 2 heterocycles. The number of benzene rings is 1. The molecule has 0 amide bonds. The van der Waals surface area contributed by atoms with Gasteiger partial charge in [0.2, 0.25) is 0 Å². The van der Waals surface area contributed by atoms with E-state index in [-0.39, 0.29) is 0 Å². The van der Waals surface area contributed by atoms with Gasteiger partial charge in [-0.1, -0.05) is 6.92 Å². The van der Waals surface area contributed by atoms with E-state index in [1.807, 2.05) is 18.2 Å². The highest BCUT2D eigenvalue weighted by molar-refractivity contribution is 6.08. The number of methoxy groups -OCH3 is 1. The Morgan fingerprint density at radius 3 is 2.95 bits per heavy atom. The Morgan fingerprint density at radius 2 is 2.20 bits per heavy atom. The Kier molecular flexibility index (Phi) is 3.18. The lowest BCUT2D eigenvalue weighted by atomic mass is 10.2. The number of nitrogens with zero attached hydrogens (tertiary/aromatic N) is 2. The summed E-state index contributed by atoms with van der Waals surface area (Å²) in [4.78, 5) is 12.1. The fourth-order valence-electron chi connectivity index (χ4n) is 2.24. The number of rotatable bonds is 4. The van der Waals surface area contributed by atoms with Gasteiger partial charge in [0, 0.05) is 16.9 Å². The van der Waals surface area contributed by atoms with E-state index in [0.29, 0.717) is 6.04 Å². The normalized spacial score (nSPS) is 12.8. The van der Waals surface area contributed by atoms with Crippen molar-refractivity contribution in [3.63, 3.8) is 0 Å². The molecule has 0 spiro atoms. The van der Waals surface area contributed by atoms with Crippen LogP contribution in [0.5, 0.6) is 5.75 Å². The molecule has 0 unspecified atom stereocenters. The van der Waals surface area contributed by atoms with Crippen molar-refractivity contribution in [3.05, 3.63) is 24.5 Å². The summed E-state index contributed by atoms with van der Waals surface area (Å²) in [6.07, 6.45) is 2.64. The second-order valence-electron chi connectivity index (χ2n) is 4.94. The standard InChI is InChI=1S/C15H18N4O/c1-4-9(2)18-15-14-13(16-8-17-15)11-7-10(20-3)5-6-12(11)19-14/h5-9,19H,4H2,1-3H3,(H,16,17,18)/t9-/m0/s1. The van der Waals surface area contributed by atoms with E-state index in [1.54, 1.807) is 13.4 Å². The van der Waals surface area contributed by atoms with Crippen molar-refractivity contribution < 1.29 is 4.74 Å². The highest BCUT2D eigenvalue weighted by Crippen LogP contribution is 2.30. The second kappa shape index (κ2) is 5.00. The molecular weight excluding hydrogens is 252 g/mol. The van der Waals surface area contributed by atoms with Gasteiger partial charge in [-0.15, -0.1) is 0 Å². The molecule has 3 aromatic rings. The fourth-order valence-corrected chi connectivity index (χ4v) is 2.24. The SMILES string of the molecule is CC[C@H](C)Nc1ncnc2c1[nH]c1ccc(OC)cc12. The van der Waals surface area contributed by atoms with Crippen LogP contribution in [-0.2, 0) is 0 Å². The van der Waals surface area contributed by atoms with E-state index in [2.05, 4.69) is 34.1 Å². The lowest BCUT2D eigenvalue weighted by molar-refractivity contribution is 0.415. The van der Waals surface area contributed by atoms with Gasteiger partial charge < -0.3 is 15.0 Å². The first-order valence-corrected chi connectivity index (χ1v) is 6.80. The zero-order valence-corrected chi connectivity index (χ0v) is 11.9. The number of nitrogens with one attached hydrogen (secondary N) is 2. The van der Waals surface area contributed by atoms with E-state index >= 15 is 0 Å². The Labute approximate surface area is 117 Å². The summed E-state index contributed by atoms with van der Waals surface area (Å²) in [6.45, 7) is 4.28. The van der Waals surface area contributed by atoms with Gasteiger partial charge in [0.05, 0.1) is 7.11 Å². The van der Waals surface area contributed by atoms with Gasteiger partial charge in [-0.25, -0.2) is 9.97 Å². The van der Waals surface area contributed by atoms with Crippen LogP contribution < -0.4 is 10.1 Å². The third-order valence-corrected chi connectivity index (χ3v) is 3.58. The predicted octanol–water partition coefficient (Wildman–Crippen LogP) is 3.33. The number of fused-ring (bicyclic) bond motifs is 3. The predicted molar refractivity (Wildman–Crippen MR) is 81.3 cm³/mol. The molecule has 0 fully saturated rings. The summed E-state index contributed by atoms with van der Waals surface area (Å²) in [7, 11) is 1.67. The van der Waals surface area contributed by atoms with Gasteiger partial charge in [0.1, 0.15) is 23.1 Å². The smallest absolute Gasteiger partial charge is 0.154 e. The molecule has 0 saturated heterocycles. The maximum atomic E-state index is 5.28. The third-order valence-electron chi connectivity index (χ3n) is 3.58. The molecule has 1 atom stereocenters. The highest BCUT2D eigenvalue weighted by atomic mass is 16.5. The first-order valence-electron chi connectivity index (χ1n) is 6.80. The van der Waals surface area contributed by atoms with Gasteiger partial charge in [-0.05, 0) is 31.5 Å². The minimum atomic E-state index is 0.369. The Bertz CT molecular complexity index is 750. The second-order valence-corrected chi connectivity index (χ2v) is 4.94. The van der Waals surface area contributed by atoms with E-state index in [0.717, 1.165) is 39.9 Å². The van der Waals surface area contributed by atoms with Crippen molar-refractivity contribution in [1.82, 2.24) is 15.0 Å². The van der Waals surface area contributed by atoms with Crippen LogP contribution in [0, 0.1) is 0 Å². The molecule has 3 rings (SSSR count). The van der Waals surface area contributed by atoms with Crippen LogP contribution in [0.2, 0.25) is 0 Å². The van der Waals surface area contributed by atoms with E-state index in [9.17, 15) is 0 Å². The molecule has 20 heavy (non-hydrogen) atoms. The van der Waals surface area contributed by atoms with Gasteiger partial charge >= 0.3 is 0 Å². The molecule has 0 saturated carbocycles. The summed E-state index contributed by atoms with van der Waals surface area (Å²) in [5.41, 5.74) is 2.89. The van der Waals surface area contributed by atoms with Crippen molar-refractivity contribution in [3.8, 4) is 5.75 Å². The summed E-state index contributed by atoms with van der Waals surface area (Å²) in [6, 6.07) is 6.30. The molecule has 104 valence electrons. The maximum Gasteiger partial charge on any atom is 0.154 e. The Hall–Kier alpha value is -2.30. The number of anilines is 1. The molecule has 2 aromatic heterocycles. The summed E-state index contributed by atoms with van der Waals surface area (Å²) < 4.78 is 5.28. The zero-order valence-electron chi connectivity index (χ0n) is 11.9. The quantitative estimate of drug-likeness (QED) is 0.763. The molecule has 0 aliphatic heterocycles. The summed E-state index contributed by atoms with van der Waals surface area (Å²) in [5, 5.41) is 4.46. The van der Waals surface area contributed by atoms with Crippen LogP contribution in [0.3, 0.4) is 0 Å². The van der Waals surface area contributed by atoms with Crippen molar-refractivity contribution in [2.45, 2.75) is 26.3 Å².